The third-order valence-electron chi connectivity index (χ3n) is 6.03. The van der Waals surface area contributed by atoms with E-state index in [1.807, 2.05) is 23.2 Å². The van der Waals surface area contributed by atoms with Gasteiger partial charge in [0.15, 0.2) is 0 Å². The van der Waals surface area contributed by atoms with Crippen LogP contribution in [0.3, 0.4) is 0 Å². The van der Waals surface area contributed by atoms with Crippen molar-refractivity contribution in [3.63, 3.8) is 0 Å². The average Bonchev–Trinajstić information content (AvgIpc) is 3.07. The normalized spacial score (nSPS) is 20.4. The highest BCUT2D eigenvalue weighted by atomic mass is 32.1. The van der Waals surface area contributed by atoms with Gasteiger partial charge in [0.25, 0.3) is 0 Å². The van der Waals surface area contributed by atoms with Gasteiger partial charge in [0.1, 0.15) is 0 Å². The molecule has 0 saturated carbocycles. The minimum Gasteiger partial charge on any atom is -0.336 e. The van der Waals surface area contributed by atoms with E-state index in [1.165, 1.54) is 22.6 Å². The molecule has 2 aromatic rings. The number of likely N-dealkylation sites (tertiary alicyclic amines) is 2. The van der Waals surface area contributed by atoms with Gasteiger partial charge in [-0.2, -0.15) is 0 Å². The van der Waals surface area contributed by atoms with E-state index in [0.29, 0.717) is 13.0 Å². The second-order valence-electron chi connectivity index (χ2n) is 8.19. The van der Waals surface area contributed by atoms with Gasteiger partial charge in [-0.3, -0.25) is 19.7 Å². The lowest BCUT2D eigenvalue weighted by molar-refractivity contribution is -0.140. The molecule has 4 heterocycles. The van der Waals surface area contributed by atoms with Crippen molar-refractivity contribution in [1.82, 2.24) is 19.8 Å². The second-order valence-corrected chi connectivity index (χ2v) is 9.56. The van der Waals surface area contributed by atoms with Crippen LogP contribution in [0, 0.1) is 19.3 Å². The number of thiophene rings is 1. The zero-order valence-corrected chi connectivity index (χ0v) is 17.1. The molecule has 0 aromatic carbocycles. The number of rotatable bonds is 4. The van der Waals surface area contributed by atoms with Gasteiger partial charge in [0, 0.05) is 35.5 Å². The Kier molecular flexibility index (Phi) is 5.28. The van der Waals surface area contributed by atoms with Crippen LogP contribution in [-0.4, -0.2) is 45.3 Å². The molecule has 0 bridgehead atoms. The van der Waals surface area contributed by atoms with E-state index >= 15 is 0 Å². The van der Waals surface area contributed by atoms with Crippen molar-refractivity contribution in [2.45, 2.75) is 52.6 Å². The predicted molar refractivity (Wildman–Crippen MR) is 107 cm³/mol. The van der Waals surface area contributed by atoms with Crippen molar-refractivity contribution in [2.75, 3.05) is 19.6 Å². The zero-order chi connectivity index (χ0) is 18.9. The van der Waals surface area contributed by atoms with Crippen LogP contribution in [0.2, 0.25) is 0 Å². The van der Waals surface area contributed by atoms with Gasteiger partial charge in [0.05, 0.1) is 24.1 Å². The van der Waals surface area contributed by atoms with Gasteiger partial charge < -0.3 is 4.90 Å². The molecule has 5 nitrogen and oxygen atoms in total. The first kappa shape index (κ1) is 18.6. The molecular formula is C21H28N4OS. The summed E-state index contributed by atoms with van der Waals surface area (Å²) in [6.07, 6.45) is 7.65. The minimum atomic E-state index is 0.263. The van der Waals surface area contributed by atoms with Crippen molar-refractivity contribution < 1.29 is 4.79 Å². The molecule has 2 aliphatic rings. The van der Waals surface area contributed by atoms with Crippen molar-refractivity contribution in [3.05, 3.63) is 45.7 Å². The van der Waals surface area contributed by atoms with Crippen LogP contribution < -0.4 is 0 Å². The largest absolute Gasteiger partial charge is 0.336 e. The number of aryl methyl sites for hydroxylation is 2. The summed E-state index contributed by atoms with van der Waals surface area (Å²) in [5.41, 5.74) is 2.08. The molecule has 2 aliphatic heterocycles. The van der Waals surface area contributed by atoms with Crippen molar-refractivity contribution in [3.8, 4) is 0 Å². The summed E-state index contributed by atoms with van der Waals surface area (Å²) in [6, 6.07) is 4.47. The van der Waals surface area contributed by atoms with Crippen molar-refractivity contribution in [2.24, 2.45) is 5.41 Å². The fourth-order valence-corrected chi connectivity index (χ4v) is 5.26. The molecule has 1 amide bonds. The molecule has 2 saturated heterocycles. The molecular weight excluding hydrogens is 356 g/mol. The lowest BCUT2D eigenvalue weighted by atomic mass is 9.72. The fourth-order valence-electron chi connectivity index (χ4n) is 4.33. The van der Waals surface area contributed by atoms with Gasteiger partial charge in [-0.05, 0) is 63.7 Å². The highest BCUT2D eigenvalue weighted by molar-refractivity contribution is 7.11. The summed E-state index contributed by atoms with van der Waals surface area (Å²) in [6.45, 7) is 8.89. The van der Waals surface area contributed by atoms with Gasteiger partial charge in [-0.15, -0.1) is 11.3 Å². The molecule has 27 heavy (non-hydrogen) atoms. The summed E-state index contributed by atoms with van der Waals surface area (Å²) >= 11 is 1.90. The molecule has 0 unspecified atom stereocenters. The minimum absolute atomic E-state index is 0.263. The van der Waals surface area contributed by atoms with E-state index in [-0.39, 0.29) is 11.3 Å². The smallest absolute Gasteiger partial charge is 0.222 e. The van der Waals surface area contributed by atoms with E-state index in [1.54, 1.807) is 12.4 Å². The maximum absolute atomic E-state index is 12.5. The van der Waals surface area contributed by atoms with Crippen LogP contribution in [0.15, 0.2) is 24.5 Å². The molecule has 2 fully saturated rings. The Bertz CT molecular complexity index is 793. The molecule has 0 atom stereocenters. The molecule has 6 heteroatoms. The molecule has 0 aliphatic carbocycles. The average molecular weight is 385 g/mol. The van der Waals surface area contributed by atoms with Crippen molar-refractivity contribution in [1.29, 1.82) is 0 Å². The summed E-state index contributed by atoms with van der Waals surface area (Å²) < 4.78 is 0. The number of amides is 1. The number of nitrogens with zero attached hydrogens (tertiary/aromatic N) is 4. The zero-order valence-electron chi connectivity index (χ0n) is 16.3. The van der Waals surface area contributed by atoms with E-state index in [4.69, 9.17) is 0 Å². The molecule has 1 spiro atoms. The third kappa shape index (κ3) is 4.38. The van der Waals surface area contributed by atoms with E-state index in [0.717, 1.165) is 44.0 Å². The van der Waals surface area contributed by atoms with Crippen LogP contribution >= 0.6 is 11.3 Å². The first-order valence-corrected chi connectivity index (χ1v) is 10.7. The molecule has 2 aromatic heterocycles. The van der Waals surface area contributed by atoms with Crippen LogP contribution in [0.4, 0.5) is 0 Å². The summed E-state index contributed by atoms with van der Waals surface area (Å²) in [5, 5.41) is 0. The lowest BCUT2D eigenvalue weighted by Crippen LogP contribution is -2.51. The fraction of sp³-hybridized carbons (Fsp3) is 0.571. The van der Waals surface area contributed by atoms with Gasteiger partial charge in [-0.25, -0.2) is 0 Å². The maximum atomic E-state index is 12.5. The number of piperidine rings is 2. The Morgan fingerprint density at radius 3 is 2.56 bits per heavy atom. The van der Waals surface area contributed by atoms with Crippen LogP contribution in [-0.2, 0) is 17.9 Å². The highest BCUT2D eigenvalue weighted by Gasteiger charge is 2.41. The number of hydrogen-bond acceptors (Lipinski definition) is 5. The third-order valence-corrected chi connectivity index (χ3v) is 7.01. The topological polar surface area (TPSA) is 49.3 Å². The molecule has 4 rings (SSSR count). The number of carbonyl (C=O) groups excluding carboxylic acids is 1. The number of aromatic nitrogens is 2. The summed E-state index contributed by atoms with van der Waals surface area (Å²) in [4.78, 5) is 28.7. The molecule has 144 valence electrons. The van der Waals surface area contributed by atoms with Crippen LogP contribution in [0.5, 0.6) is 0 Å². The monoisotopic (exact) mass is 384 g/mol. The summed E-state index contributed by atoms with van der Waals surface area (Å²) in [7, 11) is 0. The van der Waals surface area contributed by atoms with Gasteiger partial charge >= 0.3 is 0 Å². The summed E-state index contributed by atoms with van der Waals surface area (Å²) in [5.74, 6) is 0.263. The van der Waals surface area contributed by atoms with Crippen molar-refractivity contribution >= 4 is 17.2 Å². The van der Waals surface area contributed by atoms with Crippen LogP contribution in [0.1, 0.15) is 46.8 Å². The SMILES string of the molecule is Cc1cnc(CN2CC3(CCC2=O)CCN(Cc2ccc(C)s2)CC3)cn1. The van der Waals surface area contributed by atoms with E-state index in [2.05, 4.69) is 33.9 Å². The maximum Gasteiger partial charge on any atom is 0.222 e. The highest BCUT2D eigenvalue weighted by Crippen LogP contribution is 2.41. The van der Waals surface area contributed by atoms with E-state index in [9.17, 15) is 4.79 Å². The Labute approximate surface area is 165 Å². The number of carbonyl (C=O) groups is 1. The first-order valence-electron chi connectivity index (χ1n) is 9.84. The van der Waals surface area contributed by atoms with Gasteiger partial charge in [-0.1, -0.05) is 0 Å². The predicted octanol–water partition coefficient (Wildman–Crippen LogP) is 3.56. The number of hydrogen-bond donors (Lipinski definition) is 0. The second kappa shape index (κ2) is 7.68. The standard InChI is InChI=1S/C21H28N4OS/c1-16-11-23-18(12-22-16)13-25-15-21(6-5-20(25)26)7-9-24(10-8-21)14-19-4-3-17(2)27-19/h3-4,11-12H,5-10,13-15H2,1-2H3. The van der Waals surface area contributed by atoms with Crippen LogP contribution in [0.25, 0.3) is 0 Å². The Hall–Kier alpha value is -1.79. The first-order chi connectivity index (χ1) is 13.0. The molecule has 0 N–H and O–H groups in total. The Balaban J connectivity index is 1.36. The quantitative estimate of drug-likeness (QED) is 0.809. The Morgan fingerprint density at radius 2 is 1.89 bits per heavy atom. The lowest BCUT2D eigenvalue weighted by Gasteiger charge is -2.47. The van der Waals surface area contributed by atoms with E-state index < -0.39 is 0 Å². The molecule has 0 radical (unpaired) electrons. The Morgan fingerprint density at radius 1 is 1.07 bits per heavy atom. The van der Waals surface area contributed by atoms with Gasteiger partial charge in [0.2, 0.25) is 5.91 Å².